The number of alkyl halides is 3. The molecule has 0 heterocycles. The van der Waals surface area contributed by atoms with Crippen molar-refractivity contribution in [3.8, 4) is 0 Å². The van der Waals surface area contributed by atoms with E-state index < -0.39 is 5.51 Å². The van der Waals surface area contributed by atoms with Crippen molar-refractivity contribution < 1.29 is 13.2 Å². The maximum absolute atomic E-state index is 12.1. The summed E-state index contributed by atoms with van der Waals surface area (Å²) >= 11 is -0.0729. The van der Waals surface area contributed by atoms with E-state index in [-0.39, 0.29) is 16.7 Å². The van der Waals surface area contributed by atoms with Crippen LogP contribution in [0.4, 0.5) is 13.2 Å². The molecule has 1 aromatic rings. The van der Waals surface area contributed by atoms with Gasteiger partial charge in [-0.25, -0.2) is 0 Å². The van der Waals surface area contributed by atoms with Gasteiger partial charge in [0, 0.05) is 18.0 Å². The highest BCUT2D eigenvalue weighted by Gasteiger charge is 2.36. The van der Waals surface area contributed by atoms with E-state index in [1.165, 1.54) is 25.0 Å². The molecule has 0 spiro atoms. The zero-order chi connectivity index (χ0) is 13.2. The number of benzene rings is 1. The minimum absolute atomic E-state index is 0.0729. The quantitative estimate of drug-likeness (QED) is 0.809. The fraction of sp³-hybridized carbons (Fsp3) is 0.538. The van der Waals surface area contributed by atoms with E-state index in [4.69, 9.17) is 0 Å². The molecule has 0 unspecified atom stereocenters. The van der Waals surface area contributed by atoms with Gasteiger partial charge in [0.25, 0.3) is 0 Å². The average Bonchev–Trinajstić information content (AvgIpc) is 2.97. The molecule has 100 valence electrons. The largest absolute Gasteiger partial charge is 0.446 e. The predicted molar refractivity (Wildman–Crippen MR) is 67.4 cm³/mol. The van der Waals surface area contributed by atoms with Crippen molar-refractivity contribution in [1.29, 1.82) is 0 Å². The van der Waals surface area contributed by atoms with Crippen LogP contribution in [-0.2, 0) is 6.54 Å². The molecule has 5 heteroatoms. The Kier molecular flexibility index (Phi) is 3.92. The number of halogens is 3. The summed E-state index contributed by atoms with van der Waals surface area (Å²) in [6, 6.07) is 6.54. The van der Waals surface area contributed by atoms with Gasteiger partial charge < -0.3 is 5.32 Å². The Bertz CT molecular complexity index is 396. The van der Waals surface area contributed by atoms with Crippen LogP contribution in [-0.4, -0.2) is 12.1 Å². The van der Waals surface area contributed by atoms with Crippen LogP contribution in [0, 0.1) is 5.41 Å². The van der Waals surface area contributed by atoms with E-state index in [2.05, 4.69) is 12.2 Å². The molecule has 2 rings (SSSR count). The van der Waals surface area contributed by atoms with Crippen molar-refractivity contribution in [3.05, 3.63) is 29.8 Å². The van der Waals surface area contributed by atoms with E-state index in [1.54, 1.807) is 12.1 Å². The zero-order valence-corrected chi connectivity index (χ0v) is 11.0. The molecule has 18 heavy (non-hydrogen) atoms. The topological polar surface area (TPSA) is 12.0 Å². The van der Waals surface area contributed by atoms with Crippen molar-refractivity contribution >= 4 is 11.8 Å². The summed E-state index contributed by atoms with van der Waals surface area (Å²) in [6.45, 7) is 3.93. The summed E-state index contributed by atoms with van der Waals surface area (Å²) in [4.78, 5) is 0.236. The second-order valence-corrected chi connectivity index (χ2v) is 6.24. The smallest absolute Gasteiger partial charge is 0.312 e. The van der Waals surface area contributed by atoms with Gasteiger partial charge in [-0.15, -0.1) is 0 Å². The zero-order valence-electron chi connectivity index (χ0n) is 10.2. The molecule has 1 aromatic carbocycles. The molecule has 1 N–H and O–H groups in total. The summed E-state index contributed by atoms with van der Waals surface area (Å²) in [5.41, 5.74) is -2.74. The van der Waals surface area contributed by atoms with Gasteiger partial charge in [0.1, 0.15) is 0 Å². The average molecular weight is 275 g/mol. The lowest BCUT2D eigenvalue weighted by atomic mass is 10.1. The Morgan fingerprint density at radius 1 is 1.22 bits per heavy atom. The highest BCUT2D eigenvalue weighted by molar-refractivity contribution is 8.00. The maximum Gasteiger partial charge on any atom is 0.446 e. The van der Waals surface area contributed by atoms with Gasteiger partial charge in [0.15, 0.2) is 0 Å². The first-order valence-electron chi connectivity index (χ1n) is 5.92. The molecule has 1 aliphatic carbocycles. The highest BCUT2D eigenvalue weighted by Crippen LogP contribution is 2.44. The summed E-state index contributed by atoms with van der Waals surface area (Å²) in [6.07, 6.45) is 2.53. The molecule has 0 atom stereocenters. The second kappa shape index (κ2) is 5.13. The molecule has 0 aromatic heterocycles. The minimum atomic E-state index is -4.21. The fourth-order valence-corrected chi connectivity index (χ4v) is 2.25. The van der Waals surface area contributed by atoms with Gasteiger partial charge in [0.2, 0.25) is 0 Å². The molecule has 0 bridgehead atoms. The highest BCUT2D eigenvalue weighted by atomic mass is 32.2. The van der Waals surface area contributed by atoms with Gasteiger partial charge in [-0.2, -0.15) is 13.2 Å². The third kappa shape index (κ3) is 4.53. The lowest BCUT2D eigenvalue weighted by Gasteiger charge is -2.10. The monoisotopic (exact) mass is 275 g/mol. The first kappa shape index (κ1) is 13.7. The molecule has 0 saturated heterocycles. The molecule has 1 fully saturated rings. The van der Waals surface area contributed by atoms with Gasteiger partial charge in [-0.05, 0) is 47.7 Å². The number of hydrogen-bond acceptors (Lipinski definition) is 2. The van der Waals surface area contributed by atoms with Crippen LogP contribution in [0.15, 0.2) is 29.2 Å². The van der Waals surface area contributed by atoms with Crippen molar-refractivity contribution in [2.24, 2.45) is 5.41 Å². The normalized spacial score (nSPS) is 17.8. The minimum Gasteiger partial charge on any atom is -0.312 e. The number of nitrogens with one attached hydrogen (secondary N) is 1. The van der Waals surface area contributed by atoms with Crippen LogP contribution in [0.2, 0.25) is 0 Å². The molecule has 0 amide bonds. The van der Waals surface area contributed by atoms with E-state index in [0.717, 1.165) is 12.1 Å². The Morgan fingerprint density at radius 3 is 2.33 bits per heavy atom. The Hall–Kier alpha value is -0.680. The van der Waals surface area contributed by atoms with Gasteiger partial charge in [-0.1, -0.05) is 19.1 Å². The molecule has 1 nitrogen and oxygen atoms in total. The van der Waals surface area contributed by atoms with Crippen LogP contribution in [0.3, 0.4) is 0 Å². The lowest BCUT2D eigenvalue weighted by Crippen LogP contribution is -2.21. The molecule has 1 aliphatic rings. The van der Waals surface area contributed by atoms with Crippen LogP contribution in [0.25, 0.3) is 0 Å². The standard InChI is InChI=1S/C13H16F3NS/c1-12(6-7-12)9-17-8-10-2-4-11(5-3-10)18-13(14,15)16/h2-5,17H,6-9H2,1H3. The van der Waals surface area contributed by atoms with Crippen LogP contribution in [0.5, 0.6) is 0 Å². The Balaban J connectivity index is 1.80. The summed E-state index contributed by atoms with van der Waals surface area (Å²) in [7, 11) is 0. The first-order valence-corrected chi connectivity index (χ1v) is 6.73. The molecule has 0 radical (unpaired) electrons. The summed E-state index contributed by atoms with van der Waals surface area (Å²) < 4.78 is 36.4. The third-order valence-electron chi connectivity index (χ3n) is 3.14. The van der Waals surface area contributed by atoms with Gasteiger partial charge in [0.05, 0.1) is 0 Å². The number of thioether (sulfide) groups is 1. The molecule has 1 saturated carbocycles. The second-order valence-electron chi connectivity index (χ2n) is 5.11. The Morgan fingerprint density at radius 2 is 1.83 bits per heavy atom. The van der Waals surface area contributed by atoms with Crippen LogP contribution < -0.4 is 5.32 Å². The van der Waals surface area contributed by atoms with E-state index in [1.807, 2.05) is 0 Å². The number of rotatable bonds is 5. The number of hydrogen-bond donors (Lipinski definition) is 1. The van der Waals surface area contributed by atoms with Gasteiger partial charge >= 0.3 is 5.51 Å². The summed E-state index contributed by atoms with van der Waals surface area (Å²) in [5.74, 6) is 0. The van der Waals surface area contributed by atoms with E-state index in [0.29, 0.717) is 12.0 Å². The van der Waals surface area contributed by atoms with Crippen molar-refractivity contribution in [2.75, 3.05) is 6.54 Å². The predicted octanol–water partition coefficient (Wildman–Crippen LogP) is 4.19. The van der Waals surface area contributed by atoms with Crippen LogP contribution >= 0.6 is 11.8 Å². The SMILES string of the molecule is CC1(CNCc2ccc(SC(F)(F)F)cc2)CC1. The van der Waals surface area contributed by atoms with Crippen molar-refractivity contribution in [2.45, 2.75) is 36.7 Å². The molecular weight excluding hydrogens is 259 g/mol. The van der Waals surface area contributed by atoms with Gasteiger partial charge in [-0.3, -0.25) is 0 Å². The van der Waals surface area contributed by atoms with Crippen molar-refractivity contribution in [3.63, 3.8) is 0 Å². The first-order chi connectivity index (χ1) is 8.36. The lowest BCUT2D eigenvalue weighted by molar-refractivity contribution is -0.0328. The Labute approximate surface area is 109 Å². The summed E-state index contributed by atoms with van der Waals surface area (Å²) in [5, 5.41) is 3.34. The molecular formula is C13H16F3NS. The van der Waals surface area contributed by atoms with E-state index >= 15 is 0 Å². The third-order valence-corrected chi connectivity index (χ3v) is 3.88. The van der Waals surface area contributed by atoms with Crippen molar-refractivity contribution in [1.82, 2.24) is 5.32 Å². The van der Waals surface area contributed by atoms with Crippen LogP contribution in [0.1, 0.15) is 25.3 Å². The maximum atomic E-state index is 12.1. The molecule has 0 aliphatic heterocycles. The van der Waals surface area contributed by atoms with E-state index in [9.17, 15) is 13.2 Å². The fourth-order valence-electron chi connectivity index (χ4n) is 1.71.